The predicted molar refractivity (Wildman–Crippen MR) is 106 cm³/mol. The van der Waals surface area contributed by atoms with Crippen LogP contribution in [0.1, 0.15) is 11.5 Å². The van der Waals surface area contributed by atoms with Gasteiger partial charge in [-0.25, -0.2) is 0 Å². The van der Waals surface area contributed by atoms with Crippen LogP contribution in [0.5, 0.6) is 5.75 Å². The number of benzene rings is 2. The lowest BCUT2D eigenvalue weighted by molar-refractivity contribution is 0.369. The maximum Gasteiger partial charge on any atom is 0.320 e. The van der Waals surface area contributed by atoms with Gasteiger partial charge in [-0.1, -0.05) is 35.5 Å². The van der Waals surface area contributed by atoms with E-state index in [9.17, 15) is 9.59 Å². The summed E-state index contributed by atoms with van der Waals surface area (Å²) in [4.78, 5) is 29.5. The standard InChI is InChI=1S/C21H18N4O4/c1-14-6-3-4-9-17(14)25-11-10-24(20(26)21(25)27)13-18-22-19(23-29-18)15-7-5-8-16(12-15)28-2/h3-12H,13H2,1-2H3. The van der Waals surface area contributed by atoms with Gasteiger partial charge in [-0.15, -0.1) is 0 Å². The van der Waals surface area contributed by atoms with Crippen LogP contribution in [0.15, 0.2) is 75.0 Å². The number of hydrogen-bond donors (Lipinski definition) is 0. The molecule has 146 valence electrons. The Hall–Kier alpha value is -3.94. The second kappa shape index (κ2) is 7.59. The van der Waals surface area contributed by atoms with Crippen LogP contribution >= 0.6 is 0 Å². The first-order valence-electron chi connectivity index (χ1n) is 8.92. The van der Waals surface area contributed by atoms with Crippen molar-refractivity contribution in [3.8, 4) is 22.8 Å². The van der Waals surface area contributed by atoms with Crippen molar-refractivity contribution in [1.29, 1.82) is 0 Å². The molecule has 0 aliphatic heterocycles. The Labute approximate surface area is 165 Å². The van der Waals surface area contributed by atoms with Gasteiger partial charge >= 0.3 is 11.1 Å². The molecule has 0 bridgehead atoms. The molecule has 0 radical (unpaired) electrons. The molecule has 0 fully saturated rings. The number of para-hydroxylation sites is 1. The monoisotopic (exact) mass is 390 g/mol. The molecule has 0 spiro atoms. The highest BCUT2D eigenvalue weighted by atomic mass is 16.5. The SMILES string of the molecule is COc1cccc(-c2noc(Cn3ccn(-c4ccccc4C)c(=O)c3=O)n2)c1. The Kier molecular flexibility index (Phi) is 4.82. The second-order valence-electron chi connectivity index (χ2n) is 6.44. The molecule has 4 rings (SSSR count). The van der Waals surface area contributed by atoms with Gasteiger partial charge in [0.1, 0.15) is 12.3 Å². The van der Waals surface area contributed by atoms with E-state index in [1.54, 1.807) is 25.4 Å². The van der Waals surface area contributed by atoms with E-state index in [2.05, 4.69) is 10.1 Å². The largest absolute Gasteiger partial charge is 0.497 e. The van der Waals surface area contributed by atoms with Gasteiger partial charge in [0.05, 0.1) is 12.8 Å². The predicted octanol–water partition coefficient (Wildman–Crippen LogP) is 2.41. The molecule has 0 unspecified atom stereocenters. The van der Waals surface area contributed by atoms with E-state index in [0.29, 0.717) is 17.3 Å². The second-order valence-corrected chi connectivity index (χ2v) is 6.44. The number of aryl methyl sites for hydroxylation is 1. The number of methoxy groups -OCH3 is 1. The van der Waals surface area contributed by atoms with Crippen LogP contribution in [-0.4, -0.2) is 26.4 Å². The lowest BCUT2D eigenvalue weighted by atomic mass is 10.2. The number of rotatable bonds is 5. The van der Waals surface area contributed by atoms with Crippen molar-refractivity contribution in [3.63, 3.8) is 0 Å². The van der Waals surface area contributed by atoms with Crippen molar-refractivity contribution < 1.29 is 9.26 Å². The Morgan fingerprint density at radius 1 is 1.03 bits per heavy atom. The van der Waals surface area contributed by atoms with Crippen LogP contribution < -0.4 is 15.9 Å². The molecule has 0 amide bonds. The van der Waals surface area contributed by atoms with E-state index < -0.39 is 11.1 Å². The van der Waals surface area contributed by atoms with Crippen LogP contribution in [0.3, 0.4) is 0 Å². The third-order valence-corrected chi connectivity index (χ3v) is 4.53. The first kappa shape index (κ1) is 18.4. The Morgan fingerprint density at radius 2 is 1.86 bits per heavy atom. The fourth-order valence-corrected chi connectivity index (χ4v) is 3.00. The van der Waals surface area contributed by atoms with Gasteiger partial charge in [-0.3, -0.25) is 18.7 Å². The summed E-state index contributed by atoms with van der Waals surface area (Å²) in [7, 11) is 1.58. The van der Waals surface area contributed by atoms with Gasteiger partial charge in [-0.05, 0) is 30.7 Å². The van der Waals surface area contributed by atoms with E-state index in [0.717, 1.165) is 11.1 Å². The average molecular weight is 390 g/mol. The van der Waals surface area contributed by atoms with Crippen LogP contribution in [0.4, 0.5) is 0 Å². The van der Waals surface area contributed by atoms with E-state index in [1.807, 2.05) is 43.3 Å². The summed E-state index contributed by atoms with van der Waals surface area (Å²) in [6.45, 7) is 1.88. The molecular weight excluding hydrogens is 372 g/mol. The third kappa shape index (κ3) is 3.60. The summed E-state index contributed by atoms with van der Waals surface area (Å²) in [5.74, 6) is 1.27. The smallest absolute Gasteiger partial charge is 0.320 e. The zero-order valence-electron chi connectivity index (χ0n) is 15.9. The molecule has 0 saturated heterocycles. The maximum absolute atomic E-state index is 12.6. The summed E-state index contributed by atoms with van der Waals surface area (Å²) in [6, 6.07) is 14.6. The fraction of sp³-hybridized carbons (Fsp3) is 0.143. The third-order valence-electron chi connectivity index (χ3n) is 4.53. The Bertz CT molecular complexity index is 1290. The number of nitrogens with zero attached hydrogens (tertiary/aromatic N) is 4. The van der Waals surface area contributed by atoms with Crippen LogP contribution in [-0.2, 0) is 6.54 Å². The van der Waals surface area contributed by atoms with Crippen molar-refractivity contribution in [1.82, 2.24) is 19.3 Å². The molecule has 29 heavy (non-hydrogen) atoms. The minimum absolute atomic E-state index is 0.000344. The van der Waals surface area contributed by atoms with Gasteiger partial charge in [-0.2, -0.15) is 4.98 Å². The maximum atomic E-state index is 12.6. The number of aromatic nitrogens is 4. The topological polar surface area (TPSA) is 92.2 Å². The Balaban J connectivity index is 1.63. The molecule has 0 aliphatic rings. The molecule has 0 aliphatic carbocycles. The van der Waals surface area contributed by atoms with Crippen molar-refractivity contribution in [3.05, 3.63) is 93.1 Å². The highest BCUT2D eigenvalue weighted by molar-refractivity contribution is 5.56. The molecule has 2 heterocycles. The van der Waals surface area contributed by atoms with Crippen molar-refractivity contribution in [2.45, 2.75) is 13.5 Å². The molecule has 4 aromatic rings. The van der Waals surface area contributed by atoms with E-state index in [1.165, 1.54) is 15.3 Å². The van der Waals surface area contributed by atoms with Crippen LogP contribution in [0.25, 0.3) is 17.1 Å². The molecule has 0 N–H and O–H groups in total. The lowest BCUT2D eigenvalue weighted by Gasteiger charge is -2.09. The van der Waals surface area contributed by atoms with Crippen LogP contribution in [0.2, 0.25) is 0 Å². The molecule has 0 atom stereocenters. The minimum Gasteiger partial charge on any atom is -0.497 e. The molecular formula is C21H18N4O4. The molecule has 2 aromatic heterocycles. The average Bonchev–Trinajstić information content (AvgIpc) is 3.21. The van der Waals surface area contributed by atoms with Gasteiger partial charge in [0.15, 0.2) is 0 Å². The highest BCUT2D eigenvalue weighted by Gasteiger charge is 2.13. The van der Waals surface area contributed by atoms with Crippen molar-refractivity contribution in [2.75, 3.05) is 7.11 Å². The quantitative estimate of drug-likeness (QED) is 0.486. The molecule has 0 saturated carbocycles. The van der Waals surface area contributed by atoms with Crippen molar-refractivity contribution in [2.24, 2.45) is 0 Å². The summed E-state index contributed by atoms with van der Waals surface area (Å²) in [5.41, 5.74) is 0.972. The van der Waals surface area contributed by atoms with Gasteiger partial charge in [0.25, 0.3) is 0 Å². The zero-order chi connectivity index (χ0) is 20.4. The summed E-state index contributed by atoms with van der Waals surface area (Å²) in [6.07, 6.45) is 3.09. The van der Waals surface area contributed by atoms with E-state index >= 15 is 0 Å². The Morgan fingerprint density at radius 3 is 2.66 bits per heavy atom. The first-order chi connectivity index (χ1) is 14.1. The zero-order valence-corrected chi connectivity index (χ0v) is 15.9. The van der Waals surface area contributed by atoms with Gasteiger partial charge in [0.2, 0.25) is 11.7 Å². The van der Waals surface area contributed by atoms with Gasteiger partial charge < -0.3 is 9.26 Å². The molecule has 2 aromatic carbocycles. The molecule has 8 heteroatoms. The van der Waals surface area contributed by atoms with Crippen LogP contribution in [0, 0.1) is 6.92 Å². The van der Waals surface area contributed by atoms with E-state index in [-0.39, 0.29) is 12.4 Å². The van der Waals surface area contributed by atoms with E-state index in [4.69, 9.17) is 9.26 Å². The fourth-order valence-electron chi connectivity index (χ4n) is 3.00. The van der Waals surface area contributed by atoms with Gasteiger partial charge in [0, 0.05) is 18.0 Å². The highest BCUT2D eigenvalue weighted by Crippen LogP contribution is 2.21. The van der Waals surface area contributed by atoms with Crippen molar-refractivity contribution >= 4 is 0 Å². The summed E-state index contributed by atoms with van der Waals surface area (Å²) in [5, 5.41) is 3.95. The summed E-state index contributed by atoms with van der Waals surface area (Å²) >= 11 is 0. The number of hydrogen-bond acceptors (Lipinski definition) is 6. The lowest BCUT2D eigenvalue weighted by Crippen LogP contribution is -2.40. The normalized spacial score (nSPS) is 10.8. The first-order valence-corrected chi connectivity index (χ1v) is 8.92. The summed E-state index contributed by atoms with van der Waals surface area (Å²) < 4.78 is 13.0. The molecule has 8 nitrogen and oxygen atoms in total. The number of ether oxygens (including phenoxy) is 1. The minimum atomic E-state index is -0.670.